The van der Waals surface area contributed by atoms with Crippen LogP contribution in [0.2, 0.25) is 0 Å². The Morgan fingerprint density at radius 1 is 1.33 bits per heavy atom. The van der Waals surface area contributed by atoms with Crippen molar-refractivity contribution in [3.63, 3.8) is 0 Å². The van der Waals surface area contributed by atoms with E-state index >= 15 is 0 Å². The molecule has 0 aliphatic carbocycles. The zero-order chi connectivity index (χ0) is 16.0. The van der Waals surface area contributed by atoms with Crippen LogP contribution in [-0.4, -0.2) is 45.5 Å². The molecule has 0 saturated heterocycles. The second-order valence-electron chi connectivity index (χ2n) is 5.99. The SMILES string of the molecule is Cc1nc(N(C)CCS(C)(=O)=O)ccc1CNCC(C)C. The zero-order valence-corrected chi connectivity index (χ0v) is 14.5. The molecule has 0 saturated carbocycles. The molecule has 0 fully saturated rings. The molecule has 0 unspecified atom stereocenters. The zero-order valence-electron chi connectivity index (χ0n) is 13.7. The van der Waals surface area contributed by atoms with Gasteiger partial charge in [0, 0.05) is 32.1 Å². The van der Waals surface area contributed by atoms with Gasteiger partial charge in [0.2, 0.25) is 0 Å². The summed E-state index contributed by atoms with van der Waals surface area (Å²) in [5.41, 5.74) is 2.16. The first kappa shape index (κ1) is 17.9. The van der Waals surface area contributed by atoms with Gasteiger partial charge >= 0.3 is 0 Å². The molecule has 0 atom stereocenters. The van der Waals surface area contributed by atoms with Crippen LogP contribution in [0, 0.1) is 12.8 Å². The second kappa shape index (κ2) is 7.75. The molecule has 1 N–H and O–H groups in total. The Morgan fingerprint density at radius 2 is 2.00 bits per heavy atom. The molecule has 0 aliphatic heterocycles. The monoisotopic (exact) mass is 313 g/mol. The largest absolute Gasteiger partial charge is 0.359 e. The van der Waals surface area contributed by atoms with Gasteiger partial charge in [-0.25, -0.2) is 13.4 Å². The van der Waals surface area contributed by atoms with Crippen LogP contribution >= 0.6 is 0 Å². The van der Waals surface area contributed by atoms with Crippen LogP contribution < -0.4 is 10.2 Å². The molecule has 0 amide bonds. The molecule has 0 bridgehead atoms. The van der Waals surface area contributed by atoms with E-state index in [9.17, 15) is 8.42 Å². The molecule has 0 radical (unpaired) electrons. The van der Waals surface area contributed by atoms with Crippen molar-refractivity contribution < 1.29 is 8.42 Å². The summed E-state index contributed by atoms with van der Waals surface area (Å²) in [6.45, 7) is 8.59. The number of aromatic nitrogens is 1. The first-order valence-electron chi connectivity index (χ1n) is 7.25. The van der Waals surface area contributed by atoms with E-state index in [0.717, 1.165) is 24.6 Å². The third-order valence-corrected chi connectivity index (χ3v) is 4.16. The number of nitrogens with one attached hydrogen (secondary N) is 1. The van der Waals surface area contributed by atoms with Crippen LogP contribution in [0.15, 0.2) is 12.1 Å². The average Bonchev–Trinajstić information content (AvgIpc) is 2.36. The molecule has 1 aromatic rings. The van der Waals surface area contributed by atoms with Crippen molar-refractivity contribution in [1.82, 2.24) is 10.3 Å². The van der Waals surface area contributed by atoms with Gasteiger partial charge in [0.1, 0.15) is 15.7 Å². The van der Waals surface area contributed by atoms with Crippen LogP contribution in [0.1, 0.15) is 25.1 Å². The minimum absolute atomic E-state index is 0.141. The standard InChI is InChI=1S/C15H27N3O2S/c1-12(2)10-16-11-14-6-7-15(17-13(14)3)18(4)8-9-21(5,19)20/h6-7,12,16H,8-11H2,1-5H3. The highest BCUT2D eigenvalue weighted by atomic mass is 32.2. The number of rotatable bonds is 8. The Hall–Kier alpha value is -1.14. The Morgan fingerprint density at radius 3 is 2.52 bits per heavy atom. The van der Waals surface area contributed by atoms with Gasteiger partial charge in [-0.1, -0.05) is 19.9 Å². The minimum Gasteiger partial charge on any atom is -0.359 e. The molecular formula is C15H27N3O2S. The maximum atomic E-state index is 11.2. The molecule has 0 aliphatic rings. The summed E-state index contributed by atoms with van der Waals surface area (Å²) in [5.74, 6) is 1.57. The number of hydrogen-bond donors (Lipinski definition) is 1. The number of hydrogen-bond acceptors (Lipinski definition) is 5. The van der Waals surface area contributed by atoms with Crippen molar-refractivity contribution >= 4 is 15.7 Å². The molecule has 5 nitrogen and oxygen atoms in total. The molecule has 0 aromatic carbocycles. The van der Waals surface area contributed by atoms with Crippen LogP contribution in [0.4, 0.5) is 5.82 Å². The van der Waals surface area contributed by atoms with Crippen LogP contribution in [0.3, 0.4) is 0 Å². The predicted octanol–water partition coefficient (Wildman–Crippen LogP) is 1.62. The lowest BCUT2D eigenvalue weighted by atomic mass is 10.2. The number of aryl methyl sites for hydroxylation is 1. The van der Waals surface area contributed by atoms with Crippen LogP contribution in [-0.2, 0) is 16.4 Å². The number of sulfone groups is 1. The van der Waals surface area contributed by atoms with E-state index in [0.29, 0.717) is 12.5 Å². The summed E-state index contributed by atoms with van der Waals surface area (Å²) in [7, 11) is -1.08. The molecule has 1 aromatic heterocycles. The molecule has 1 heterocycles. The Balaban J connectivity index is 2.64. The Kier molecular flexibility index (Phi) is 6.61. The van der Waals surface area contributed by atoms with E-state index in [2.05, 4.69) is 30.2 Å². The first-order chi connectivity index (χ1) is 9.69. The maximum absolute atomic E-state index is 11.2. The fraction of sp³-hybridized carbons (Fsp3) is 0.667. The molecular weight excluding hydrogens is 286 g/mol. The van der Waals surface area contributed by atoms with E-state index in [-0.39, 0.29) is 5.75 Å². The quantitative estimate of drug-likeness (QED) is 0.790. The van der Waals surface area contributed by atoms with Crippen molar-refractivity contribution in [3.8, 4) is 0 Å². The van der Waals surface area contributed by atoms with Crippen LogP contribution in [0.25, 0.3) is 0 Å². The van der Waals surface area contributed by atoms with Crippen molar-refractivity contribution in [2.45, 2.75) is 27.3 Å². The molecule has 120 valence electrons. The minimum atomic E-state index is -2.95. The van der Waals surface area contributed by atoms with Gasteiger partial charge in [-0.05, 0) is 31.0 Å². The lowest BCUT2D eigenvalue weighted by molar-refractivity contribution is 0.551. The predicted molar refractivity (Wildman–Crippen MR) is 88.5 cm³/mol. The third kappa shape index (κ3) is 6.91. The Bertz CT molecular complexity index is 556. The summed E-state index contributed by atoms with van der Waals surface area (Å²) in [6, 6.07) is 4.00. The summed E-state index contributed by atoms with van der Waals surface area (Å²) < 4.78 is 22.4. The highest BCUT2D eigenvalue weighted by Crippen LogP contribution is 2.14. The normalized spacial score (nSPS) is 11.9. The highest BCUT2D eigenvalue weighted by molar-refractivity contribution is 7.90. The lowest BCUT2D eigenvalue weighted by Crippen LogP contribution is -2.26. The maximum Gasteiger partial charge on any atom is 0.149 e. The lowest BCUT2D eigenvalue weighted by Gasteiger charge is -2.19. The van der Waals surface area contributed by atoms with Gasteiger partial charge in [-0.3, -0.25) is 0 Å². The number of anilines is 1. The smallest absolute Gasteiger partial charge is 0.149 e. The molecule has 6 heteroatoms. The Labute approximate surface area is 128 Å². The molecule has 21 heavy (non-hydrogen) atoms. The van der Waals surface area contributed by atoms with Gasteiger partial charge in [-0.15, -0.1) is 0 Å². The number of pyridine rings is 1. The number of nitrogens with zero attached hydrogens (tertiary/aromatic N) is 2. The summed E-state index contributed by atoms with van der Waals surface area (Å²) in [4.78, 5) is 6.44. The highest BCUT2D eigenvalue weighted by Gasteiger charge is 2.09. The van der Waals surface area contributed by atoms with Gasteiger partial charge in [0.15, 0.2) is 0 Å². The van der Waals surface area contributed by atoms with Gasteiger partial charge in [0.05, 0.1) is 5.75 Å². The average molecular weight is 313 g/mol. The van der Waals surface area contributed by atoms with Crippen molar-refractivity contribution in [2.75, 3.05) is 37.0 Å². The van der Waals surface area contributed by atoms with E-state index in [1.165, 1.54) is 11.8 Å². The third-order valence-electron chi connectivity index (χ3n) is 3.24. The summed E-state index contributed by atoms with van der Waals surface area (Å²) in [6.07, 6.45) is 1.25. The van der Waals surface area contributed by atoms with Gasteiger partial charge in [0.25, 0.3) is 0 Å². The summed E-state index contributed by atoms with van der Waals surface area (Å²) >= 11 is 0. The fourth-order valence-electron chi connectivity index (χ4n) is 1.89. The van der Waals surface area contributed by atoms with E-state index in [1.807, 2.05) is 24.9 Å². The van der Waals surface area contributed by atoms with Gasteiger partial charge < -0.3 is 10.2 Å². The topological polar surface area (TPSA) is 62.3 Å². The first-order valence-corrected chi connectivity index (χ1v) is 9.31. The second-order valence-corrected chi connectivity index (χ2v) is 8.25. The molecule has 0 spiro atoms. The van der Waals surface area contributed by atoms with Crippen molar-refractivity contribution in [3.05, 3.63) is 23.4 Å². The van der Waals surface area contributed by atoms with Crippen molar-refractivity contribution in [1.29, 1.82) is 0 Å². The van der Waals surface area contributed by atoms with Gasteiger partial charge in [-0.2, -0.15) is 0 Å². The summed E-state index contributed by atoms with van der Waals surface area (Å²) in [5, 5.41) is 3.40. The van der Waals surface area contributed by atoms with Crippen LogP contribution in [0.5, 0.6) is 0 Å². The molecule has 1 rings (SSSR count). The van der Waals surface area contributed by atoms with Crippen molar-refractivity contribution in [2.24, 2.45) is 5.92 Å². The van der Waals surface area contributed by atoms with E-state index < -0.39 is 9.84 Å². The van der Waals surface area contributed by atoms with E-state index in [1.54, 1.807) is 0 Å². The van der Waals surface area contributed by atoms with E-state index in [4.69, 9.17) is 0 Å². The fourth-order valence-corrected chi connectivity index (χ4v) is 2.49.